The van der Waals surface area contributed by atoms with Crippen LogP contribution in [-0.2, 0) is 9.53 Å². The van der Waals surface area contributed by atoms with Crippen molar-refractivity contribution in [3.05, 3.63) is 35.3 Å². The molecule has 7 heteroatoms. The number of esters is 1. The summed E-state index contributed by atoms with van der Waals surface area (Å²) in [4.78, 5) is 29.2. The third kappa shape index (κ3) is 2.12. The van der Waals surface area contributed by atoms with E-state index in [1.807, 2.05) is 24.3 Å². The summed E-state index contributed by atoms with van der Waals surface area (Å²) in [6, 6.07) is 7.46. The molecule has 1 aromatic heterocycles. The molecule has 102 valence electrons. The molecule has 1 amide bonds. The highest BCUT2D eigenvalue weighted by Crippen LogP contribution is 2.36. The van der Waals surface area contributed by atoms with Crippen LogP contribution in [0.1, 0.15) is 10.5 Å². The lowest BCUT2D eigenvalue weighted by Crippen LogP contribution is -2.34. The van der Waals surface area contributed by atoms with Crippen LogP contribution in [0.4, 0.5) is 16.5 Å². The number of benzene rings is 1. The fourth-order valence-electron chi connectivity index (χ4n) is 1.99. The first kappa shape index (κ1) is 12.6. The predicted molar refractivity (Wildman–Crippen MR) is 75.5 cm³/mol. The molecule has 0 unspecified atom stereocenters. The van der Waals surface area contributed by atoms with Crippen LogP contribution in [0.2, 0.25) is 0 Å². The molecule has 0 saturated carbocycles. The number of aromatic nitrogens is 1. The van der Waals surface area contributed by atoms with Gasteiger partial charge < -0.3 is 15.0 Å². The number of carbonyl (C=O) groups is 2. The first-order valence-electron chi connectivity index (χ1n) is 5.89. The minimum absolute atomic E-state index is 0.112. The summed E-state index contributed by atoms with van der Waals surface area (Å²) in [6.07, 6.45) is 0. The highest BCUT2D eigenvalue weighted by molar-refractivity contribution is 7.14. The Morgan fingerprint density at radius 1 is 1.45 bits per heavy atom. The van der Waals surface area contributed by atoms with E-state index in [0.29, 0.717) is 5.13 Å². The molecular formula is C13H11N3O3S. The summed E-state index contributed by atoms with van der Waals surface area (Å²) in [5.74, 6) is -0.597. The molecule has 6 nitrogen and oxygen atoms in total. The maximum Gasteiger partial charge on any atom is 0.357 e. The van der Waals surface area contributed by atoms with Crippen molar-refractivity contribution in [2.24, 2.45) is 0 Å². The van der Waals surface area contributed by atoms with E-state index in [1.165, 1.54) is 18.4 Å². The second-order valence-corrected chi connectivity index (χ2v) is 4.99. The van der Waals surface area contributed by atoms with Crippen molar-refractivity contribution in [2.45, 2.75) is 0 Å². The number of para-hydroxylation sites is 2. The van der Waals surface area contributed by atoms with E-state index < -0.39 is 5.97 Å². The number of ether oxygens (including phenoxy) is 1. The molecule has 0 saturated heterocycles. The number of methoxy groups -OCH3 is 1. The molecule has 20 heavy (non-hydrogen) atoms. The van der Waals surface area contributed by atoms with Gasteiger partial charge >= 0.3 is 5.97 Å². The zero-order valence-corrected chi connectivity index (χ0v) is 11.4. The lowest BCUT2D eigenvalue weighted by atomic mass is 10.2. The van der Waals surface area contributed by atoms with Gasteiger partial charge in [-0.1, -0.05) is 12.1 Å². The van der Waals surface area contributed by atoms with Gasteiger partial charge in [-0.2, -0.15) is 0 Å². The summed E-state index contributed by atoms with van der Waals surface area (Å²) >= 11 is 1.30. The quantitative estimate of drug-likeness (QED) is 0.856. The monoisotopic (exact) mass is 289 g/mol. The topological polar surface area (TPSA) is 71.5 Å². The first-order valence-corrected chi connectivity index (χ1v) is 6.77. The second kappa shape index (κ2) is 4.93. The van der Waals surface area contributed by atoms with Gasteiger partial charge in [0.15, 0.2) is 10.8 Å². The van der Waals surface area contributed by atoms with E-state index in [0.717, 1.165) is 11.4 Å². The van der Waals surface area contributed by atoms with E-state index in [4.69, 9.17) is 0 Å². The Bertz CT molecular complexity index is 683. The highest BCUT2D eigenvalue weighted by atomic mass is 32.1. The van der Waals surface area contributed by atoms with Gasteiger partial charge in [-0.25, -0.2) is 9.78 Å². The molecular weight excluding hydrogens is 278 g/mol. The van der Waals surface area contributed by atoms with Crippen molar-refractivity contribution in [1.82, 2.24) is 4.98 Å². The van der Waals surface area contributed by atoms with Crippen LogP contribution in [0.15, 0.2) is 29.6 Å². The smallest absolute Gasteiger partial charge is 0.357 e. The van der Waals surface area contributed by atoms with Crippen molar-refractivity contribution in [1.29, 1.82) is 0 Å². The molecule has 1 N–H and O–H groups in total. The van der Waals surface area contributed by atoms with E-state index in [2.05, 4.69) is 15.0 Å². The third-order valence-corrected chi connectivity index (χ3v) is 3.75. The van der Waals surface area contributed by atoms with Crippen molar-refractivity contribution in [2.75, 3.05) is 23.9 Å². The van der Waals surface area contributed by atoms with Crippen LogP contribution in [0.25, 0.3) is 0 Å². The van der Waals surface area contributed by atoms with Crippen molar-refractivity contribution in [3.8, 4) is 0 Å². The lowest BCUT2D eigenvalue weighted by Gasteiger charge is -2.28. The number of carbonyl (C=O) groups excluding carboxylic acids is 2. The summed E-state index contributed by atoms with van der Waals surface area (Å²) in [5.41, 5.74) is 1.84. The van der Waals surface area contributed by atoms with Crippen molar-refractivity contribution >= 4 is 39.7 Å². The van der Waals surface area contributed by atoms with Crippen LogP contribution >= 0.6 is 11.3 Å². The molecule has 0 spiro atoms. The van der Waals surface area contributed by atoms with Crippen LogP contribution in [0.5, 0.6) is 0 Å². The number of hydrogen-bond acceptors (Lipinski definition) is 6. The summed E-state index contributed by atoms with van der Waals surface area (Å²) < 4.78 is 4.63. The van der Waals surface area contributed by atoms with Crippen molar-refractivity contribution < 1.29 is 14.3 Å². The van der Waals surface area contributed by atoms with Gasteiger partial charge in [0.05, 0.1) is 18.5 Å². The molecule has 1 aliphatic heterocycles. The van der Waals surface area contributed by atoms with Crippen LogP contribution in [-0.4, -0.2) is 30.5 Å². The molecule has 1 aliphatic rings. The molecule has 1 aromatic carbocycles. The number of amides is 1. The molecule has 0 bridgehead atoms. The summed E-state index contributed by atoms with van der Waals surface area (Å²) in [7, 11) is 1.31. The molecule has 0 atom stereocenters. The number of rotatable bonds is 2. The van der Waals surface area contributed by atoms with Gasteiger partial charge in [0, 0.05) is 5.38 Å². The van der Waals surface area contributed by atoms with E-state index in [1.54, 1.807) is 10.3 Å². The van der Waals surface area contributed by atoms with Gasteiger partial charge in [-0.3, -0.25) is 4.79 Å². The first-order chi connectivity index (χ1) is 9.69. The second-order valence-electron chi connectivity index (χ2n) is 4.16. The number of nitrogens with one attached hydrogen (secondary N) is 1. The molecule has 3 rings (SSSR count). The van der Waals surface area contributed by atoms with Crippen LogP contribution in [0.3, 0.4) is 0 Å². The van der Waals surface area contributed by atoms with Gasteiger partial charge in [-0.05, 0) is 12.1 Å². The van der Waals surface area contributed by atoms with Gasteiger partial charge in [-0.15, -0.1) is 11.3 Å². The SMILES string of the molecule is COC(=O)c1csc(N2CC(=O)Nc3ccccc32)n1. The third-order valence-electron chi connectivity index (χ3n) is 2.89. The number of hydrogen-bond donors (Lipinski definition) is 1. The van der Waals surface area contributed by atoms with Crippen LogP contribution in [0, 0.1) is 0 Å². The standard InChI is InChI=1S/C13H11N3O3S/c1-19-12(18)9-7-20-13(15-9)16-6-11(17)14-8-4-2-3-5-10(8)16/h2-5,7H,6H2,1H3,(H,14,17). The molecule has 2 aromatic rings. The van der Waals surface area contributed by atoms with Gasteiger partial charge in [0.2, 0.25) is 5.91 Å². The number of anilines is 3. The Kier molecular flexibility index (Phi) is 3.11. The van der Waals surface area contributed by atoms with Gasteiger partial charge in [0.25, 0.3) is 0 Å². The van der Waals surface area contributed by atoms with Crippen molar-refractivity contribution in [3.63, 3.8) is 0 Å². The zero-order chi connectivity index (χ0) is 14.1. The maximum absolute atomic E-state index is 11.7. The number of thiazole rings is 1. The maximum atomic E-state index is 11.7. The largest absolute Gasteiger partial charge is 0.464 e. The van der Waals surface area contributed by atoms with Gasteiger partial charge in [0.1, 0.15) is 6.54 Å². The highest BCUT2D eigenvalue weighted by Gasteiger charge is 2.25. The Morgan fingerprint density at radius 3 is 3.05 bits per heavy atom. The lowest BCUT2D eigenvalue weighted by molar-refractivity contribution is -0.115. The minimum Gasteiger partial charge on any atom is -0.464 e. The molecule has 2 heterocycles. The Balaban J connectivity index is 2.00. The Labute approximate surface area is 119 Å². The normalized spacial score (nSPS) is 13.7. The molecule has 0 fully saturated rings. The Hall–Kier alpha value is -2.41. The van der Waals surface area contributed by atoms with E-state index in [9.17, 15) is 9.59 Å². The van der Waals surface area contributed by atoms with E-state index in [-0.39, 0.29) is 18.1 Å². The minimum atomic E-state index is -0.484. The molecule has 0 radical (unpaired) electrons. The fraction of sp³-hybridized carbons (Fsp3) is 0.154. The number of fused-ring (bicyclic) bond motifs is 1. The fourth-order valence-corrected chi connectivity index (χ4v) is 2.80. The van der Waals surface area contributed by atoms with Crippen LogP contribution < -0.4 is 10.2 Å². The summed E-state index contributed by atoms with van der Waals surface area (Å²) in [5, 5.41) is 5.02. The number of nitrogens with zero attached hydrogens (tertiary/aromatic N) is 2. The van der Waals surface area contributed by atoms with E-state index >= 15 is 0 Å². The predicted octanol–water partition coefficient (Wildman–Crippen LogP) is 2.02. The zero-order valence-electron chi connectivity index (χ0n) is 10.6. The average molecular weight is 289 g/mol. The Morgan fingerprint density at radius 2 is 2.25 bits per heavy atom. The average Bonchev–Trinajstić information content (AvgIpc) is 2.95. The summed E-state index contributed by atoms with van der Waals surface area (Å²) in [6.45, 7) is 0.172. The molecule has 0 aliphatic carbocycles.